The molecule has 5 rings (SSSR count). The van der Waals surface area contributed by atoms with Crippen LogP contribution in [0.4, 0.5) is 17.3 Å². The van der Waals surface area contributed by atoms with Crippen molar-refractivity contribution in [1.29, 1.82) is 0 Å². The van der Waals surface area contributed by atoms with Gasteiger partial charge in [0, 0.05) is 48.7 Å². The highest BCUT2D eigenvalue weighted by molar-refractivity contribution is 6.01. The van der Waals surface area contributed by atoms with Gasteiger partial charge in [0.15, 0.2) is 0 Å². The molecule has 3 heterocycles. The van der Waals surface area contributed by atoms with E-state index in [-0.39, 0.29) is 18.2 Å². The molecule has 0 bridgehead atoms. The lowest BCUT2D eigenvalue weighted by atomic mass is 10.1. The summed E-state index contributed by atoms with van der Waals surface area (Å²) in [5.41, 5.74) is 4.69. The van der Waals surface area contributed by atoms with Gasteiger partial charge >= 0.3 is 0 Å². The van der Waals surface area contributed by atoms with Crippen LogP contribution in [0.2, 0.25) is 0 Å². The molecule has 2 N–H and O–H groups in total. The highest BCUT2D eigenvalue weighted by Crippen LogP contribution is 2.35. The Morgan fingerprint density at radius 2 is 1.94 bits per heavy atom. The lowest BCUT2D eigenvalue weighted by Crippen LogP contribution is -2.31. The van der Waals surface area contributed by atoms with Crippen LogP contribution in [-0.4, -0.2) is 59.9 Å². The van der Waals surface area contributed by atoms with E-state index >= 15 is 0 Å². The van der Waals surface area contributed by atoms with E-state index in [4.69, 9.17) is 4.98 Å². The van der Waals surface area contributed by atoms with Gasteiger partial charge in [0.25, 0.3) is 5.91 Å². The van der Waals surface area contributed by atoms with Crippen molar-refractivity contribution in [1.82, 2.24) is 20.2 Å². The minimum absolute atomic E-state index is 0.00463. The minimum Gasteiger partial charge on any atom is -0.352 e. The number of anilines is 3. The Kier molecular flexibility index (Phi) is 6.46. The largest absolute Gasteiger partial charge is 0.352 e. The summed E-state index contributed by atoms with van der Waals surface area (Å²) in [5.74, 6) is 0.906. The predicted octanol–water partition coefficient (Wildman–Crippen LogP) is 3.48. The average Bonchev–Trinajstić information content (AvgIpc) is 3.32. The zero-order valence-electron chi connectivity index (χ0n) is 20.1. The van der Waals surface area contributed by atoms with Crippen molar-refractivity contribution in [3.63, 3.8) is 0 Å². The number of rotatable bonds is 6. The molecule has 0 radical (unpaired) electrons. The summed E-state index contributed by atoms with van der Waals surface area (Å²) in [5, 5.41) is 6.29. The predicted molar refractivity (Wildman–Crippen MR) is 137 cm³/mol. The molecule has 1 saturated heterocycles. The van der Waals surface area contributed by atoms with E-state index in [9.17, 15) is 9.59 Å². The smallest absolute Gasteiger partial charge is 0.251 e. The number of carbonyl (C=O) groups is 2. The first-order valence-corrected chi connectivity index (χ1v) is 12.1. The van der Waals surface area contributed by atoms with Crippen LogP contribution in [-0.2, 0) is 11.2 Å². The first-order chi connectivity index (χ1) is 17.0. The van der Waals surface area contributed by atoms with Gasteiger partial charge < -0.3 is 20.4 Å². The molecule has 2 amide bonds. The fraction of sp³-hybridized carbons (Fsp3) is 0.333. The van der Waals surface area contributed by atoms with Gasteiger partial charge in [0.05, 0.1) is 17.8 Å². The molecular formula is C27H30N6O2. The Labute approximate surface area is 205 Å². The van der Waals surface area contributed by atoms with Crippen molar-refractivity contribution in [3.05, 3.63) is 65.9 Å². The van der Waals surface area contributed by atoms with E-state index in [0.29, 0.717) is 24.0 Å². The number of hydrogen-bond acceptors (Lipinski definition) is 6. The molecule has 3 aromatic rings. The first kappa shape index (κ1) is 23.0. The van der Waals surface area contributed by atoms with Crippen LogP contribution >= 0.6 is 0 Å². The summed E-state index contributed by atoms with van der Waals surface area (Å²) < 4.78 is 0. The molecule has 8 nitrogen and oxygen atoms in total. The van der Waals surface area contributed by atoms with Crippen molar-refractivity contribution < 1.29 is 9.59 Å². The summed E-state index contributed by atoms with van der Waals surface area (Å²) in [7, 11) is 1.78. The average molecular weight is 471 g/mol. The number of aromatic nitrogens is 2. The molecular weight excluding hydrogens is 440 g/mol. The number of benzene rings is 2. The van der Waals surface area contributed by atoms with Crippen molar-refractivity contribution in [3.8, 4) is 11.3 Å². The van der Waals surface area contributed by atoms with Crippen molar-refractivity contribution in [2.75, 3.05) is 43.4 Å². The number of para-hydroxylation sites is 1. The van der Waals surface area contributed by atoms with Gasteiger partial charge in [-0.15, -0.1) is 0 Å². The zero-order chi connectivity index (χ0) is 24.4. The molecule has 2 aliphatic heterocycles. The number of likely N-dealkylation sites (N-methyl/N-ethyl adjacent to an activating group) is 1. The van der Waals surface area contributed by atoms with E-state index in [0.717, 1.165) is 54.3 Å². The Hall–Kier alpha value is -3.78. The second-order valence-electron chi connectivity index (χ2n) is 9.17. The highest BCUT2D eigenvalue weighted by Gasteiger charge is 2.25. The molecule has 8 heteroatoms. The third kappa shape index (κ3) is 4.88. The molecule has 0 aliphatic carbocycles. The van der Waals surface area contributed by atoms with Gasteiger partial charge in [0.1, 0.15) is 0 Å². The Balaban J connectivity index is 1.27. The number of hydrogen-bond donors (Lipinski definition) is 2. The van der Waals surface area contributed by atoms with Crippen molar-refractivity contribution in [2.45, 2.75) is 19.8 Å². The third-order valence-electron chi connectivity index (χ3n) is 6.87. The normalized spacial score (nSPS) is 17.5. The van der Waals surface area contributed by atoms with Crippen LogP contribution in [0.5, 0.6) is 0 Å². The Morgan fingerprint density at radius 3 is 2.71 bits per heavy atom. The van der Waals surface area contributed by atoms with Crippen LogP contribution in [0.25, 0.3) is 11.3 Å². The van der Waals surface area contributed by atoms with E-state index in [1.54, 1.807) is 30.3 Å². The second kappa shape index (κ2) is 9.84. The topological polar surface area (TPSA) is 90.5 Å². The summed E-state index contributed by atoms with van der Waals surface area (Å²) in [6.07, 6.45) is 3.09. The maximum absolute atomic E-state index is 12.6. The Bertz CT molecular complexity index is 1240. The lowest BCUT2D eigenvalue weighted by molar-refractivity contribution is -0.117. The monoisotopic (exact) mass is 470 g/mol. The molecule has 0 saturated carbocycles. The highest BCUT2D eigenvalue weighted by atomic mass is 16.2. The molecule has 0 spiro atoms. The maximum Gasteiger partial charge on any atom is 0.251 e. The van der Waals surface area contributed by atoms with E-state index < -0.39 is 0 Å². The third-order valence-corrected chi connectivity index (χ3v) is 6.87. The SMILES string of the molecule is CCN1CCC(CNC(=O)c2ccc(Nc3ncc4c(n3)-c3ccccc3N(C)C(=O)C4)cc2)C1. The fourth-order valence-electron chi connectivity index (χ4n) is 4.75. The van der Waals surface area contributed by atoms with Crippen LogP contribution < -0.4 is 15.5 Å². The van der Waals surface area contributed by atoms with Crippen LogP contribution in [0, 0.1) is 5.92 Å². The summed E-state index contributed by atoms with van der Waals surface area (Å²) in [4.78, 5) is 38.4. The maximum atomic E-state index is 12.6. The summed E-state index contributed by atoms with van der Waals surface area (Å²) in [6, 6.07) is 15.1. The van der Waals surface area contributed by atoms with Gasteiger partial charge in [-0.2, -0.15) is 0 Å². The van der Waals surface area contributed by atoms with Crippen LogP contribution in [0.1, 0.15) is 29.3 Å². The summed E-state index contributed by atoms with van der Waals surface area (Å²) >= 11 is 0. The number of carbonyl (C=O) groups excluding carboxylic acids is 2. The first-order valence-electron chi connectivity index (χ1n) is 12.1. The molecule has 1 aromatic heterocycles. The van der Waals surface area contributed by atoms with Gasteiger partial charge in [-0.25, -0.2) is 9.97 Å². The molecule has 1 fully saturated rings. The number of amides is 2. The lowest BCUT2D eigenvalue weighted by Gasteiger charge is -2.16. The van der Waals surface area contributed by atoms with Crippen molar-refractivity contribution >= 4 is 29.1 Å². The van der Waals surface area contributed by atoms with E-state index in [1.807, 2.05) is 36.4 Å². The van der Waals surface area contributed by atoms with E-state index in [2.05, 4.69) is 27.4 Å². The molecule has 180 valence electrons. The number of fused-ring (bicyclic) bond motifs is 3. The van der Waals surface area contributed by atoms with E-state index in [1.165, 1.54) is 0 Å². The van der Waals surface area contributed by atoms with Gasteiger partial charge in [-0.05, 0) is 55.8 Å². The molecule has 1 unspecified atom stereocenters. The summed E-state index contributed by atoms with van der Waals surface area (Å²) in [6.45, 7) is 6.10. The van der Waals surface area contributed by atoms with Crippen molar-refractivity contribution in [2.24, 2.45) is 5.92 Å². The standard InChI is InChI=1S/C27H30N6O2/c1-3-33-13-12-18(17-33)15-28-26(35)19-8-10-21(11-9-19)30-27-29-16-20-14-24(34)32(2)23-7-5-4-6-22(23)25(20)31-27/h4-11,16,18H,3,12-15,17H2,1-2H3,(H,28,35)(H,29,30,31). The molecule has 1 atom stereocenters. The zero-order valence-corrected chi connectivity index (χ0v) is 20.1. The van der Waals surface area contributed by atoms with Gasteiger partial charge in [0.2, 0.25) is 11.9 Å². The van der Waals surface area contributed by atoms with Crippen LogP contribution in [0.3, 0.4) is 0 Å². The molecule has 2 aromatic carbocycles. The fourth-order valence-corrected chi connectivity index (χ4v) is 4.75. The molecule has 35 heavy (non-hydrogen) atoms. The number of likely N-dealkylation sites (tertiary alicyclic amines) is 1. The van der Waals surface area contributed by atoms with Crippen LogP contribution in [0.15, 0.2) is 54.7 Å². The van der Waals surface area contributed by atoms with Gasteiger partial charge in [-0.3, -0.25) is 9.59 Å². The number of nitrogens with one attached hydrogen (secondary N) is 2. The Morgan fingerprint density at radius 1 is 1.14 bits per heavy atom. The van der Waals surface area contributed by atoms with Gasteiger partial charge in [-0.1, -0.05) is 25.1 Å². The second-order valence-corrected chi connectivity index (χ2v) is 9.17. The minimum atomic E-state index is -0.0572. The molecule has 2 aliphatic rings. The number of nitrogens with zero attached hydrogens (tertiary/aromatic N) is 4. The quantitative estimate of drug-likeness (QED) is 0.573.